The maximum Gasteiger partial charge on any atom is 0.159 e. The summed E-state index contributed by atoms with van der Waals surface area (Å²) < 4.78 is 2.02. The molecular formula is C15H16N4. The topological polar surface area (TPSA) is 56.7 Å². The summed E-state index contributed by atoms with van der Waals surface area (Å²) in [4.78, 5) is 8.99. The Hall–Kier alpha value is -2.20. The monoisotopic (exact) mass is 252 g/mol. The van der Waals surface area contributed by atoms with Crippen molar-refractivity contribution in [3.63, 3.8) is 0 Å². The summed E-state index contributed by atoms with van der Waals surface area (Å²) in [6, 6.07) is 12.3. The summed E-state index contributed by atoms with van der Waals surface area (Å²) in [5.74, 6) is 0.938. The molecule has 2 heterocycles. The molecule has 0 aliphatic carbocycles. The Labute approximate surface area is 111 Å². The molecule has 0 saturated carbocycles. The highest BCUT2D eigenvalue weighted by molar-refractivity contribution is 5.76. The second kappa shape index (κ2) is 4.82. The van der Waals surface area contributed by atoms with Crippen LogP contribution in [0.4, 0.5) is 0 Å². The van der Waals surface area contributed by atoms with Gasteiger partial charge in [0.2, 0.25) is 0 Å². The minimum absolute atomic E-state index is 0.676. The average Bonchev–Trinajstić information content (AvgIpc) is 2.78. The molecule has 0 fully saturated rings. The Balaban J connectivity index is 2.06. The lowest BCUT2D eigenvalue weighted by atomic mass is 10.1. The zero-order chi connectivity index (χ0) is 13.2. The zero-order valence-electron chi connectivity index (χ0n) is 10.9. The van der Waals surface area contributed by atoms with Crippen molar-refractivity contribution in [1.82, 2.24) is 14.5 Å². The summed E-state index contributed by atoms with van der Waals surface area (Å²) in [6.45, 7) is 0.676. The van der Waals surface area contributed by atoms with Crippen molar-refractivity contribution in [2.24, 2.45) is 12.8 Å². The first kappa shape index (κ1) is 11.9. The van der Waals surface area contributed by atoms with Crippen LogP contribution in [0, 0.1) is 0 Å². The molecule has 2 aromatic heterocycles. The van der Waals surface area contributed by atoms with Gasteiger partial charge in [-0.05, 0) is 30.7 Å². The molecule has 0 aliphatic heterocycles. The number of aryl methyl sites for hydroxylation is 1. The van der Waals surface area contributed by atoms with Gasteiger partial charge in [0.05, 0.1) is 0 Å². The smallest absolute Gasteiger partial charge is 0.159 e. The second-order valence-corrected chi connectivity index (χ2v) is 4.58. The van der Waals surface area contributed by atoms with Crippen LogP contribution in [-0.2, 0) is 13.5 Å². The highest BCUT2D eigenvalue weighted by Crippen LogP contribution is 2.22. The quantitative estimate of drug-likeness (QED) is 0.777. The molecular weight excluding hydrogens is 236 g/mol. The summed E-state index contributed by atoms with van der Waals surface area (Å²) >= 11 is 0. The van der Waals surface area contributed by atoms with Gasteiger partial charge < -0.3 is 10.3 Å². The minimum Gasteiger partial charge on any atom is -0.330 e. The molecule has 4 heteroatoms. The fraction of sp³-hybridized carbons (Fsp3) is 0.200. The fourth-order valence-electron chi connectivity index (χ4n) is 2.27. The van der Waals surface area contributed by atoms with Gasteiger partial charge in [0.15, 0.2) is 5.65 Å². The van der Waals surface area contributed by atoms with E-state index in [1.165, 1.54) is 5.56 Å². The zero-order valence-corrected chi connectivity index (χ0v) is 10.9. The number of rotatable bonds is 3. The molecule has 0 aliphatic rings. The number of hydrogen-bond acceptors (Lipinski definition) is 3. The molecule has 0 spiro atoms. The number of fused-ring (bicyclic) bond motifs is 1. The fourth-order valence-corrected chi connectivity index (χ4v) is 2.27. The highest BCUT2D eigenvalue weighted by Gasteiger charge is 2.09. The first-order valence-corrected chi connectivity index (χ1v) is 6.36. The normalized spacial score (nSPS) is 11.1. The Bertz CT molecular complexity index is 698. The maximum atomic E-state index is 5.56. The third-order valence-electron chi connectivity index (χ3n) is 3.27. The van der Waals surface area contributed by atoms with Crippen molar-refractivity contribution in [3.8, 4) is 11.4 Å². The van der Waals surface area contributed by atoms with Crippen LogP contribution >= 0.6 is 0 Å². The van der Waals surface area contributed by atoms with Gasteiger partial charge in [0.25, 0.3) is 0 Å². The number of benzene rings is 1. The summed E-state index contributed by atoms with van der Waals surface area (Å²) in [5, 5.41) is 0. The maximum absolute atomic E-state index is 5.56. The van der Waals surface area contributed by atoms with Crippen molar-refractivity contribution in [2.45, 2.75) is 6.42 Å². The number of pyridine rings is 1. The van der Waals surface area contributed by atoms with Crippen LogP contribution < -0.4 is 5.73 Å². The first-order valence-electron chi connectivity index (χ1n) is 6.36. The molecule has 0 atom stereocenters. The lowest BCUT2D eigenvalue weighted by Gasteiger charge is -2.03. The van der Waals surface area contributed by atoms with Gasteiger partial charge in [-0.25, -0.2) is 9.97 Å². The third-order valence-corrected chi connectivity index (χ3v) is 3.27. The van der Waals surface area contributed by atoms with Crippen LogP contribution in [-0.4, -0.2) is 21.1 Å². The summed E-state index contributed by atoms with van der Waals surface area (Å²) in [7, 11) is 1.99. The number of imidazole rings is 1. The van der Waals surface area contributed by atoms with Crippen molar-refractivity contribution >= 4 is 11.2 Å². The molecule has 0 radical (unpaired) electrons. The van der Waals surface area contributed by atoms with Crippen molar-refractivity contribution in [2.75, 3.05) is 6.54 Å². The highest BCUT2D eigenvalue weighted by atomic mass is 15.1. The largest absolute Gasteiger partial charge is 0.330 e. The Morgan fingerprint density at radius 3 is 2.63 bits per heavy atom. The predicted octanol–water partition coefficient (Wildman–Crippen LogP) is 2.14. The van der Waals surface area contributed by atoms with E-state index in [4.69, 9.17) is 5.73 Å². The van der Waals surface area contributed by atoms with Crippen LogP contribution in [0.3, 0.4) is 0 Å². The third kappa shape index (κ3) is 2.11. The van der Waals surface area contributed by atoms with Gasteiger partial charge in [-0.1, -0.05) is 24.3 Å². The van der Waals surface area contributed by atoms with Crippen molar-refractivity contribution in [3.05, 3.63) is 48.2 Å². The number of hydrogen-bond donors (Lipinski definition) is 1. The van der Waals surface area contributed by atoms with E-state index in [-0.39, 0.29) is 0 Å². The van der Waals surface area contributed by atoms with Crippen LogP contribution in [0.25, 0.3) is 22.6 Å². The SMILES string of the molecule is Cn1c(-c2ccc(CCN)cc2)nc2cccnc21. The van der Waals surface area contributed by atoms with Gasteiger partial charge in [-0.15, -0.1) is 0 Å². The molecule has 0 bridgehead atoms. The second-order valence-electron chi connectivity index (χ2n) is 4.58. The average molecular weight is 252 g/mol. The van der Waals surface area contributed by atoms with E-state index in [9.17, 15) is 0 Å². The lowest BCUT2D eigenvalue weighted by molar-refractivity contribution is 0.940. The van der Waals surface area contributed by atoms with E-state index in [2.05, 4.69) is 34.2 Å². The van der Waals surface area contributed by atoms with E-state index in [1.54, 1.807) is 6.20 Å². The number of aromatic nitrogens is 3. The molecule has 96 valence electrons. The Morgan fingerprint density at radius 1 is 1.16 bits per heavy atom. The minimum atomic E-state index is 0.676. The van der Waals surface area contributed by atoms with Crippen molar-refractivity contribution in [1.29, 1.82) is 0 Å². The van der Waals surface area contributed by atoms with Gasteiger partial charge in [0, 0.05) is 18.8 Å². The molecule has 3 rings (SSSR count). The molecule has 2 N–H and O–H groups in total. The van der Waals surface area contributed by atoms with Crippen LogP contribution in [0.1, 0.15) is 5.56 Å². The van der Waals surface area contributed by atoms with Gasteiger partial charge >= 0.3 is 0 Å². The van der Waals surface area contributed by atoms with E-state index >= 15 is 0 Å². The molecule has 1 aromatic carbocycles. The van der Waals surface area contributed by atoms with E-state index in [0.717, 1.165) is 29.0 Å². The molecule has 0 amide bonds. The molecule has 4 nitrogen and oxygen atoms in total. The van der Waals surface area contributed by atoms with Gasteiger partial charge in [0.1, 0.15) is 11.3 Å². The standard InChI is InChI=1S/C15H16N4/c1-19-14(18-13-3-2-10-17-15(13)19)12-6-4-11(5-7-12)8-9-16/h2-7,10H,8-9,16H2,1H3. The van der Waals surface area contributed by atoms with E-state index < -0.39 is 0 Å². The van der Waals surface area contributed by atoms with E-state index in [1.807, 2.05) is 23.7 Å². The molecule has 19 heavy (non-hydrogen) atoms. The van der Waals surface area contributed by atoms with Crippen LogP contribution in [0.2, 0.25) is 0 Å². The van der Waals surface area contributed by atoms with Gasteiger partial charge in [-0.2, -0.15) is 0 Å². The van der Waals surface area contributed by atoms with E-state index in [0.29, 0.717) is 6.54 Å². The lowest BCUT2D eigenvalue weighted by Crippen LogP contribution is -2.02. The Kier molecular flexibility index (Phi) is 3.01. The van der Waals surface area contributed by atoms with Crippen LogP contribution in [0.15, 0.2) is 42.6 Å². The number of nitrogens with zero attached hydrogens (tertiary/aromatic N) is 3. The predicted molar refractivity (Wildman–Crippen MR) is 76.7 cm³/mol. The summed E-state index contributed by atoms with van der Waals surface area (Å²) in [5.41, 5.74) is 9.74. The van der Waals surface area contributed by atoms with Crippen LogP contribution in [0.5, 0.6) is 0 Å². The summed E-state index contributed by atoms with van der Waals surface area (Å²) in [6.07, 6.45) is 2.70. The Morgan fingerprint density at radius 2 is 1.95 bits per heavy atom. The molecule has 3 aromatic rings. The van der Waals surface area contributed by atoms with Gasteiger partial charge in [-0.3, -0.25) is 0 Å². The molecule has 0 saturated heterocycles. The van der Waals surface area contributed by atoms with Crippen molar-refractivity contribution < 1.29 is 0 Å². The number of nitrogens with two attached hydrogens (primary N) is 1. The molecule has 0 unspecified atom stereocenters. The first-order chi connectivity index (χ1) is 9.29.